The van der Waals surface area contributed by atoms with Crippen LogP contribution in [-0.4, -0.2) is 22.8 Å². The van der Waals surface area contributed by atoms with Gasteiger partial charge in [0.2, 0.25) is 11.8 Å². The summed E-state index contributed by atoms with van der Waals surface area (Å²) in [7, 11) is 0. The first-order valence-electron chi connectivity index (χ1n) is 8.61. The Hall–Kier alpha value is -3.65. The fourth-order valence-corrected chi connectivity index (χ4v) is 3.56. The molecule has 0 radical (unpaired) electrons. The van der Waals surface area contributed by atoms with Crippen molar-refractivity contribution < 1.29 is 18.7 Å². The normalized spacial score (nSPS) is 14.6. The van der Waals surface area contributed by atoms with Gasteiger partial charge in [-0.15, -0.1) is 11.3 Å². The van der Waals surface area contributed by atoms with Crippen LogP contribution in [0.25, 0.3) is 6.08 Å². The molecule has 2 heterocycles. The molecule has 3 aromatic rings. The monoisotopic (exact) mass is 407 g/mol. The number of hydrogen-bond donors (Lipinski definition) is 0. The van der Waals surface area contributed by atoms with E-state index in [0.717, 1.165) is 0 Å². The first-order valence-corrected chi connectivity index (χ1v) is 9.49. The zero-order chi connectivity index (χ0) is 20.4. The Balaban J connectivity index is 1.62. The van der Waals surface area contributed by atoms with Crippen LogP contribution in [0.1, 0.15) is 18.2 Å². The van der Waals surface area contributed by atoms with E-state index in [9.17, 15) is 14.0 Å². The molecule has 6 nitrogen and oxygen atoms in total. The van der Waals surface area contributed by atoms with Gasteiger partial charge < -0.3 is 4.74 Å². The molecule has 4 rings (SSSR count). The summed E-state index contributed by atoms with van der Waals surface area (Å²) in [6, 6.07) is 14.7. The number of hydrogen-bond acceptors (Lipinski definition) is 6. The van der Waals surface area contributed by atoms with Gasteiger partial charge in [0.05, 0.1) is 11.4 Å². The van der Waals surface area contributed by atoms with Crippen LogP contribution in [0.5, 0.6) is 0 Å². The molecule has 1 aliphatic rings. The summed E-state index contributed by atoms with van der Waals surface area (Å²) in [5.74, 6) is -1.09. The highest BCUT2D eigenvalue weighted by Crippen LogP contribution is 2.30. The Morgan fingerprint density at radius 2 is 1.86 bits per heavy atom. The van der Waals surface area contributed by atoms with E-state index < -0.39 is 11.8 Å². The number of carbonyl (C=O) groups excluding carboxylic acids is 2. The van der Waals surface area contributed by atoms with Crippen molar-refractivity contribution in [1.29, 1.82) is 0 Å². The molecule has 0 atom stereocenters. The van der Waals surface area contributed by atoms with Crippen molar-refractivity contribution in [2.75, 3.05) is 4.90 Å². The molecule has 0 saturated carbocycles. The second kappa shape index (κ2) is 7.76. The molecule has 8 heteroatoms. The number of esters is 1. The Kier molecular flexibility index (Phi) is 5.01. The molecule has 1 aromatic heterocycles. The fourth-order valence-electron chi connectivity index (χ4n) is 2.71. The standard InChI is InChI=1S/C21H14FN3O3S/c1-13(26)25(17-5-3-2-4-6-17)21-23-16(12-29-21)11-18-20(27)28-19(24-18)14-7-9-15(22)10-8-14/h2-12H,1H3. The molecule has 1 amide bonds. The summed E-state index contributed by atoms with van der Waals surface area (Å²) < 4.78 is 18.2. The number of ether oxygens (including phenoxy) is 1. The highest BCUT2D eigenvalue weighted by molar-refractivity contribution is 7.14. The molecule has 0 spiro atoms. The SMILES string of the molecule is CC(=O)N(c1ccccc1)c1nc(C=C2N=C(c3ccc(F)cc3)OC2=O)cs1. The quantitative estimate of drug-likeness (QED) is 0.477. The van der Waals surface area contributed by atoms with Crippen LogP contribution in [0.15, 0.2) is 70.7 Å². The summed E-state index contributed by atoms with van der Waals surface area (Å²) in [5, 5.41) is 2.20. The summed E-state index contributed by atoms with van der Waals surface area (Å²) in [5.41, 5.74) is 1.75. The van der Waals surface area contributed by atoms with Gasteiger partial charge in [0.25, 0.3) is 0 Å². The number of thiazole rings is 1. The van der Waals surface area contributed by atoms with Crippen LogP contribution in [0.3, 0.4) is 0 Å². The number of para-hydroxylation sites is 1. The third-order valence-corrected chi connectivity index (χ3v) is 4.87. The van der Waals surface area contributed by atoms with E-state index in [0.29, 0.717) is 22.1 Å². The zero-order valence-corrected chi connectivity index (χ0v) is 16.0. The van der Waals surface area contributed by atoms with Gasteiger partial charge in [-0.25, -0.2) is 19.2 Å². The van der Waals surface area contributed by atoms with E-state index in [1.54, 1.807) is 5.38 Å². The molecule has 29 heavy (non-hydrogen) atoms. The first-order chi connectivity index (χ1) is 14.0. The summed E-state index contributed by atoms with van der Waals surface area (Å²) in [4.78, 5) is 34.4. The molecule has 0 aliphatic carbocycles. The third-order valence-electron chi connectivity index (χ3n) is 4.03. The average molecular weight is 407 g/mol. The van der Waals surface area contributed by atoms with Gasteiger partial charge in [-0.2, -0.15) is 0 Å². The summed E-state index contributed by atoms with van der Waals surface area (Å²) in [6.45, 7) is 1.46. The first kappa shape index (κ1) is 18.7. The number of rotatable bonds is 4. The molecule has 0 bridgehead atoms. The van der Waals surface area contributed by atoms with Gasteiger partial charge in [-0.05, 0) is 42.5 Å². The van der Waals surface area contributed by atoms with Crippen molar-refractivity contribution >= 4 is 46.0 Å². The second-order valence-corrected chi connectivity index (χ2v) is 6.92. The molecule has 144 valence electrons. The lowest BCUT2D eigenvalue weighted by molar-refractivity contribution is -0.130. The highest BCUT2D eigenvalue weighted by Gasteiger charge is 2.25. The second-order valence-electron chi connectivity index (χ2n) is 6.09. The van der Waals surface area contributed by atoms with Crippen LogP contribution in [0, 0.1) is 5.82 Å². The Morgan fingerprint density at radius 1 is 1.14 bits per heavy atom. The summed E-state index contributed by atoms with van der Waals surface area (Å²) >= 11 is 1.27. The van der Waals surface area contributed by atoms with E-state index in [2.05, 4.69) is 9.98 Å². The van der Waals surface area contributed by atoms with Crippen LogP contribution in [0.2, 0.25) is 0 Å². The third kappa shape index (κ3) is 3.97. The highest BCUT2D eigenvalue weighted by atomic mass is 32.1. The lowest BCUT2D eigenvalue weighted by Gasteiger charge is -2.17. The van der Waals surface area contributed by atoms with E-state index in [1.807, 2.05) is 30.3 Å². The minimum atomic E-state index is -0.620. The molecule has 0 fully saturated rings. The average Bonchev–Trinajstić information content (AvgIpc) is 3.30. The summed E-state index contributed by atoms with van der Waals surface area (Å²) in [6.07, 6.45) is 1.49. The number of aromatic nitrogens is 1. The van der Waals surface area contributed by atoms with Gasteiger partial charge in [-0.1, -0.05) is 18.2 Å². The maximum absolute atomic E-state index is 13.1. The number of carbonyl (C=O) groups is 2. The zero-order valence-electron chi connectivity index (χ0n) is 15.2. The van der Waals surface area contributed by atoms with Crippen molar-refractivity contribution in [2.45, 2.75) is 6.92 Å². The molecule has 1 aliphatic heterocycles. The molecule has 0 saturated heterocycles. The van der Waals surface area contributed by atoms with E-state index in [1.165, 1.54) is 53.5 Å². The molecular formula is C21H14FN3O3S. The lowest BCUT2D eigenvalue weighted by Crippen LogP contribution is -2.22. The molecular weight excluding hydrogens is 393 g/mol. The molecule has 2 aromatic carbocycles. The molecule has 0 unspecified atom stereocenters. The number of aliphatic imine (C=N–C) groups is 1. The number of nitrogens with zero attached hydrogens (tertiary/aromatic N) is 3. The largest absolute Gasteiger partial charge is 0.402 e. The van der Waals surface area contributed by atoms with Crippen LogP contribution in [0.4, 0.5) is 15.2 Å². The Bertz CT molecular complexity index is 1140. The Morgan fingerprint density at radius 3 is 2.55 bits per heavy atom. The lowest BCUT2D eigenvalue weighted by atomic mass is 10.2. The van der Waals surface area contributed by atoms with Crippen molar-refractivity contribution in [2.24, 2.45) is 4.99 Å². The Labute approximate surface area is 169 Å². The number of halogens is 1. The minimum absolute atomic E-state index is 0.0789. The van der Waals surface area contributed by atoms with Crippen LogP contribution >= 0.6 is 11.3 Å². The molecule has 0 N–H and O–H groups in total. The van der Waals surface area contributed by atoms with E-state index >= 15 is 0 Å². The minimum Gasteiger partial charge on any atom is -0.402 e. The predicted molar refractivity (Wildman–Crippen MR) is 108 cm³/mol. The van der Waals surface area contributed by atoms with Gasteiger partial charge in [0, 0.05) is 17.9 Å². The number of benzene rings is 2. The van der Waals surface area contributed by atoms with Crippen molar-refractivity contribution in [3.8, 4) is 0 Å². The topological polar surface area (TPSA) is 71.9 Å². The predicted octanol–water partition coefficient (Wildman–Crippen LogP) is 4.31. The van der Waals surface area contributed by atoms with Crippen LogP contribution < -0.4 is 4.90 Å². The maximum atomic E-state index is 13.1. The van der Waals surface area contributed by atoms with Gasteiger partial charge in [0.15, 0.2) is 10.8 Å². The van der Waals surface area contributed by atoms with E-state index in [-0.39, 0.29) is 17.5 Å². The van der Waals surface area contributed by atoms with Gasteiger partial charge in [0.1, 0.15) is 5.82 Å². The maximum Gasteiger partial charge on any atom is 0.363 e. The van der Waals surface area contributed by atoms with Gasteiger partial charge in [-0.3, -0.25) is 9.69 Å². The number of cyclic esters (lactones) is 1. The van der Waals surface area contributed by atoms with Crippen molar-refractivity contribution in [3.05, 3.63) is 82.7 Å². The fraction of sp³-hybridized carbons (Fsp3) is 0.0476. The number of anilines is 2. The van der Waals surface area contributed by atoms with Crippen molar-refractivity contribution in [1.82, 2.24) is 4.98 Å². The van der Waals surface area contributed by atoms with Crippen molar-refractivity contribution in [3.63, 3.8) is 0 Å². The number of amides is 1. The van der Waals surface area contributed by atoms with Crippen LogP contribution in [-0.2, 0) is 14.3 Å². The van der Waals surface area contributed by atoms with Gasteiger partial charge >= 0.3 is 5.97 Å². The van der Waals surface area contributed by atoms with E-state index in [4.69, 9.17) is 4.74 Å². The smallest absolute Gasteiger partial charge is 0.363 e.